The molecule has 0 aromatic carbocycles. The first-order valence-electron chi connectivity index (χ1n) is 5.24. The highest BCUT2D eigenvalue weighted by Crippen LogP contribution is 2.20. The maximum atomic E-state index is 12.0. The molecule has 6 nitrogen and oxygen atoms in total. The molecule has 0 bridgehead atoms. The topological polar surface area (TPSA) is 92.7 Å². The van der Waals surface area contributed by atoms with Crippen LogP contribution in [0, 0.1) is 6.92 Å². The Morgan fingerprint density at radius 2 is 2.22 bits per heavy atom. The number of rotatable bonds is 5. The third-order valence-corrected chi connectivity index (χ3v) is 3.92. The van der Waals surface area contributed by atoms with Gasteiger partial charge in [-0.25, -0.2) is 13.1 Å². The Hall–Kier alpha value is -1.57. The van der Waals surface area contributed by atoms with E-state index < -0.39 is 10.0 Å². The minimum atomic E-state index is -3.65. The highest BCUT2D eigenvalue weighted by atomic mass is 32.2. The first-order chi connectivity index (χ1) is 8.53. The van der Waals surface area contributed by atoms with Gasteiger partial charge in [-0.3, -0.25) is 0 Å². The van der Waals surface area contributed by atoms with E-state index in [1.54, 1.807) is 6.07 Å². The number of hydrogen-bond donors (Lipinski definition) is 2. The van der Waals surface area contributed by atoms with Gasteiger partial charge in [-0.05, 0) is 13.0 Å². The van der Waals surface area contributed by atoms with Crippen molar-refractivity contribution in [3.05, 3.63) is 41.7 Å². The summed E-state index contributed by atoms with van der Waals surface area (Å²) in [7, 11) is -3.65. The summed E-state index contributed by atoms with van der Waals surface area (Å²) in [5.41, 5.74) is 0.724. The molecule has 0 spiro atoms. The van der Waals surface area contributed by atoms with Crippen LogP contribution in [0.2, 0.25) is 0 Å². The SMILES string of the molecule is Cc1oc(CO)cc1S(=O)(=O)NCc1ccoc1. The summed E-state index contributed by atoms with van der Waals surface area (Å²) >= 11 is 0. The van der Waals surface area contributed by atoms with Crippen LogP contribution >= 0.6 is 0 Å². The second-order valence-electron chi connectivity index (χ2n) is 3.75. The molecular weight excluding hydrogens is 258 g/mol. The number of aryl methyl sites for hydroxylation is 1. The highest BCUT2D eigenvalue weighted by Gasteiger charge is 2.21. The molecule has 2 heterocycles. The molecule has 0 aliphatic carbocycles. The molecule has 18 heavy (non-hydrogen) atoms. The molecular formula is C11H13NO5S. The van der Waals surface area contributed by atoms with Crippen molar-refractivity contribution in [2.45, 2.75) is 25.0 Å². The highest BCUT2D eigenvalue weighted by molar-refractivity contribution is 7.89. The minimum Gasteiger partial charge on any atom is -0.472 e. The van der Waals surface area contributed by atoms with E-state index in [0.29, 0.717) is 0 Å². The minimum absolute atomic E-state index is 0.0371. The third kappa shape index (κ3) is 2.63. The smallest absolute Gasteiger partial charge is 0.244 e. The predicted octanol–water partition coefficient (Wildman–Crippen LogP) is 1.15. The molecule has 0 amide bonds. The zero-order chi connectivity index (χ0) is 13.2. The average Bonchev–Trinajstić information content (AvgIpc) is 2.95. The molecule has 0 saturated heterocycles. The Labute approximate surface area is 104 Å². The lowest BCUT2D eigenvalue weighted by Crippen LogP contribution is -2.23. The Morgan fingerprint density at radius 1 is 1.44 bits per heavy atom. The van der Waals surface area contributed by atoms with Gasteiger partial charge in [-0.15, -0.1) is 0 Å². The standard InChI is InChI=1S/C11H13NO5S/c1-8-11(4-10(6-13)17-8)18(14,15)12-5-9-2-3-16-7-9/h2-4,7,12-13H,5-6H2,1H3. The largest absolute Gasteiger partial charge is 0.472 e. The number of aliphatic hydroxyl groups is 1. The maximum Gasteiger partial charge on any atom is 0.244 e. The zero-order valence-electron chi connectivity index (χ0n) is 9.71. The quantitative estimate of drug-likeness (QED) is 0.851. The molecule has 0 saturated carbocycles. The van der Waals surface area contributed by atoms with Crippen LogP contribution in [0.3, 0.4) is 0 Å². The van der Waals surface area contributed by atoms with Crippen molar-refractivity contribution in [1.29, 1.82) is 0 Å². The van der Waals surface area contributed by atoms with Gasteiger partial charge in [0.1, 0.15) is 23.0 Å². The van der Waals surface area contributed by atoms with E-state index >= 15 is 0 Å². The molecule has 2 N–H and O–H groups in total. The Balaban J connectivity index is 2.17. The van der Waals surface area contributed by atoms with Crippen LogP contribution in [0.4, 0.5) is 0 Å². The summed E-state index contributed by atoms with van der Waals surface area (Å²) in [6.07, 6.45) is 2.93. The Bertz CT molecular complexity index is 612. The number of aliphatic hydroxyl groups excluding tert-OH is 1. The molecule has 2 aromatic rings. The van der Waals surface area contributed by atoms with E-state index in [4.69, 9.17) is 13.9 Å². The van der Waals surface area contributed by atoms with Gasteiger partial charge in [0.15, 0.2) is 0 Å². The monoisotopic (exact) mass is 271 g/mol. The molecule has 0 aliphatic heterocycles. The van der Waals surface area contributed by atoms with E-state index in [9.17, 15) is 8.42 Å². The molecule has 2 aromatic heterocycles. The second-order valence-corrected chi connectivity index (χ2v) is 5.48. The lowest BCUT2D eigenvalue weighted by Gasteiger charge is -2.03. The zero-order valence-corrected chi connectivity index (χ0v) is 10.5. The molecule has 0 aliphatic rings. The van der Waals surface area contributed by atoms with Crippen LogP contribution in [0.25, 0.3) is 0 Å². The van der Waals surface area contributed by atoms with Gasteiger partial charge in [-0.1, -0.05) is 0 Å². The van der Waals surface area contributed by atoms with Crippen LogP contribution in [0.5, 0.6) is 0 Å². The first kappa shape index (κ1) is 12.9. The van der Waals surface area contributed by atoms with Gasteiger partial charge in [-0.2, -0.15) is 0 Å². The summed E-state index contributed by atoms with van der Waals surface area (Å²) in [5, 5.41) is 8.90. The van der Waals surface area contributed by atoms with Crippen molar-refractivity contribution in [3.8, 4) is 0 Å². The molecule has 0 fully saturated rings. The van der Waals surface area contributed by atoms with Crippen LogP contribution < -0.4 is 4.72 Å². The number of furan rings is 2. The van der Waals surface area contributed by atoms with Crippen LogP contribution in [-0.4, -0.2) is 13.5 Å². The third-order valence-electron chi connectivity index (χ3n) is 2.42. The van der Waals surface area contributed by atoms with E-state index in [1.165, 1.54) is 25.5 Å². The average molecular weight is 271 g/mol. The lowest BCUT2D eigenvalue weighted by atomic mass is 10.4. The van der Waals surface area contributed by atoms with Crippen LogP contribution in [0.1, 0.15) is 17.1 Å². The van der Waals surface area contributed by atoms with Crippen molar-refractivity contribution in [2.24, 2.45) is 0 Å². The van der Waals surface area contributed by atoms with Gasteiger partial charge in [0, 0.05) is 18.2 Å². The maximum absolute atomic E-state index is 12.0. The van der Waals surface area contributed by atoms with E-state index in [1.807, 2.05) is 0 Å². The van der Waals surface area contributed by atoms with E-state index in [-0.39, 0.29) is 29.6 Å². The summed E-state index contributed by atoms with van der Waals surface area (Å²) < 4.78 is 36.4. The fourth-order valence-corrected chi connectivity index (χ4v) is 2.74. The van der Waals surface area contributed by atoms with Crippen molar-refractivity contribution in [3.63, 3.8) is 0 Å². The van der Waals surface area contributed by atoms with E-state index in [0.717, 1.165) is 5.56 Å². The molecule has 2 rings (SSSR count). The number of hydrogen-bond acceptors (Lipinski definition) is 5. The molecule has 7 heteroatoms. The molecule has 0 radical (unpaired) electrons. The normalized spacial score (nSPS) is 11.9. The molecule has 0 unspecified atom stereocenters. The summed E-state index contributed by atoms with van der Waals surface area (Å²) in [6, 6.07) is 2.98. The number of sulfonamides is 1. The lowest BCUT2D eigenvalue weighted by molar-refractivity contribution is 0.244. The predicted molar refractivity (Wildman–Crippen MR) is 62.1 cm³/mol. The van der Waals surface area contributed by atoms with E-state index in [2.05, 4.69) is 4.72 Å². The fraction of sp³-hybridized carbons (Fsp3) is 0.273. The van der Waals surface area contributed by atoms with Crippen molar-refractivity contribution < 1.29 is 22.4 Å². The van der Waals surface area contributed by atoms with Crippen molar-refractivity contribution in [1.82, 2.24) is 4.72 Å². The van der Waals surface area contributed by atoms with Gasteiger partial charge in [0.25, 0.3) is 0 Å². The molecule has 98 valence electrons. The van der Waals surface area contributed by atoms with Crippen molar-refractivity contribution in [2.75, 3.05) is 0 Å². The van der Waals surface area contributed by atoms with Crippen LogP contribution in [0.15, 0.2) is 38.4 Å². The molecule has 0 atom stereocenters. The van der Waals surface area contributed by atoms with Gasteiger partial charge < -0.3 is 13.9 Å². The Kier molecular flexibility index (Phi) is 3.55. The second kappa shape index (κ2) is 4.97. The van der Waals surface area contributed by atoms with Crippen molar-refractivity contribution >= 4 is 10.0 Å². The first-order valence-corrected chi connectivity index (χ1v) is 6.72. The van der Waals surface area contributed by atoms with Gasteiger partial charge in [0.2, 0.25) is 10.0 Å². The Morgan fingerprint density at radius 3 is 2.78 bits per heavy atom. The van der Waals surface area contributed by atoms with Crippen LogP contribution in [-0.2, 0) is 23.2 Å². The summed E-state index contributed by atoms with van der Waals surface area (Å²) in [4.78, 5) is 0.0371. The van der Waals surface area contributed by atoms with Gasteiger partial charge >= 0.3 is 0 Å². The summed E-state index contributed by atoms with van der Waals surface area (Å²) in [6.45, 7) is 1.33. The van der Waals surface area contributed by atoms with Gasteiger partial charge in [0.05, 0.1) is 12.5 Å². The fourth-order valence-electron chi connectivity index (χ4n) is 1.52. The summed E-state index contributed by atoms with van der Waals surface area (Å²) in [5.74, 6) is 0.468. The number of nitrogens with one attached hydrogen (secondary N) is 1.